The molecule has 8 heteroatoms. The van der Waals surface area contributed by atoms with Crippen molar-refractivity contribution in [1.29, 1.82) is 0 Å². The van der Waals surface area contributed by atoms with E-state index in [4.69, 9.17) is 4.74 Å². The molecule has 2 N–H and O–H groups in total. The molecule has 0 saturated heterocycles. The zero-order valence-corrected chi connectivity index (χ0v) is 23.8. The Kier molecular flexibility index (Phi) is 8.71. The lowest BCUT2D eigenvalue weighted by Gasteiger charge is -2.29. The molecule has 4 rings (SSSR count). The molecule has 4 aromatic rings. The Balaban J connectivity index is 1.70. The summed E-state index contributed by atoms with van der Waals surface area (Å²) in [6, 6.07) is 23.5. The summed E-state index contributed by atoms with van der Waals surface area (Å²) >= 11 is 0. The molecule has 0 radical (unpaired) electrons. The number of rotatable bonds is 7. The Bertz CT molecular complexity index is 1560. The van der Waals surface area contributed by atoms with Crippen molar-refractivity contribution in [2.45, 2.75) is 45.3 Å². The van der Waals surface area contributed by atoms with Crippen LogP contribution >= 0.6 is 0 Å². The fourth-order valence-corrected chi connectivity index (χ4v) is 4.67. The minimum Gasteiger partial charge on any atom is -0.444 e. The number of hydrogen-bond acceptors (Lipinski definition) is 4. The van der Waals surface area contributed by atoms with E-state index in [1.165, 1.54) is 16.7 Å². The summed E-state index contributed by atoms with van der Waals surface area (Å²) in [4.78, 5) is 38.7. The number of ether oxygens (including phenoxy) is 1. The zero-order valence-electron chi connectivity index (χ0n) is 23.8. The van der Waals surface area contributed by atoms with E-state index < -0.39 is 35.4 Å². The SMILES string of the molecule is Cc1cc(=O)n(C)cc1-c1ccc(NC(=O)C(NC(=O)OC(C)(C)C)C(c2ccccc2)c2ccccc2)cc1F. The summed E-state index contributed by atoms with van der Waals surface area (Å²) < 4.78 is 22.2. The predicted molar refractivity (Wildman–Crippen MR) is 158 cm³/mol. The van der Waals surface area contributed by atoms with Gasteiger partial charge in [-0.15, -0.1) is 0 Å². The number of hydrogen-bond donors (Lipinski definition) is 2. The molecule has 0 fully saturated rings. The van der Waals surface area contributed by atoms with Gasteiger partial charge in [-0.25, -0.2) is 9.18 Å². The van der Waals surface area contributed by atoms with E-state index in [-0.39, 0.29) is 11.2 Å². The van der Waals surface area contributed by atoms with Gasteiger partial charge in [0.15, 0.2) is 0 Å². The van der Waals surface area contributed by atoms with Gasteiger partial charge in [0.2, 0.25) is 5.91 Å². The number of aromatic nitrogens is 1. The van der Waals surface area contributed by atoms with Crippen LogP contribution in [0, 0.1) is 12.7 Å². The molecular weight excluding hydrogens is 521 g/mol. The van der Waals surface area contributed by atoms with Crippen molar-refractivity contribution in [3.05, 3.63) is 124 Å². The molecule has 0 saturated carbocycles. The molecule has 0 aliphatic rings. The first-order valence-corrected chi connectivity index (χ1v) is 13.3. The molecule has 0 aliphatic heterocycles. The topological polar surface area (TPSA) is 89.4 Å². The standard InChI is InChI=1S/C33H34FN3O4/c1-21-18-28(38)37(5)20-26(21)25-17-16-24(19-27(25)34)35-31(39)30(36-32(40)41-33(2,3)4)29(22-12-8-6-9-13-22)23-14-10-7-11-15-23/h6-20,29-30H,1-5H3,(H,35,39)(H,36,40). The van der Waals surface area contributed by atoms with E-state index in [1.54, 1.807) is 53.1 Å². The number of pyridine rings is 1. The number of benzene rings is 3. The second-order valence-corrected chi connectivity index (χ2v) is 10.9. The summed E-state index contributed by atoms with van der Waals surface area (Å²) in [5.74, 6) is -1.68. The largest absolute Gasteiger partial charge is 0.444 e. The Morgan fingerprint density at radius 1 is 0.878 bits per heavy atom. The molecule has 1 aromatic heterocycles. The van der Waals surface area contributed by atoms with Gasteiger partial charge in [0.05, 0.1) is 0 Å². The predicted octanol–water partition coefficient (Wildman–Crippen LogP) is 6.16. The molecule has 0 bridgehead atoms. The molecule has 0 aliphatic carbocycles. The van der Waals surface area contributed by atoms with Crippen LogP contribution < -0.4 is 16.2 Å². The van der Waals surface area contributed by atoms with Crippen LogP contribution in [0.2, 0.25) is 0 Å². The van der Waals surface area contributed by atoms with Crippen molar-refractivity contribution in [2.75, 3.05) is 5.32 Å². The Morgan fingerprint density at radius 2 is 1.46 bits per heavy atom. The van der Waals surface area contributed by atoms with Crippen molar-refractivity contribution >= 4 is 17.7 Å². The fourth-order valence-electron chi connectivity index (χ4n) is 4.67. The summed E-state index contributed by atoms with van der Waals surface area (Å²) in [5, 5.41) is 5.54. The van der Waals surface area contributed by atoms with Gasteiger partial charge in [0, 0.05) is 42.0 Å². The smallest absolute Gasteiger partial charge is 0.408 e. The van der Waals surface area contributed by atoms with Crippen LogP contribution in [0.3, 0.4) is 0 Å². The van der Waals surface area contributed by atoms with Gasteiger partial charge in [0.25, 0.3) is 5.56 Å². The molecule has 2 amide bonds. The number of carbonyl (C=O) groups is 2. The van der Waals surface area contributed by atoms with Crippen LogP contribution in [0.15, 0.2) is 95.9 Å². The van der Waals surface area contributed by atoms with E-state index >= 15 is 4.39 Å². The molecule has 212 valence electrons. The van der Waals surface area contributed by atoms with Crippen LogP contribution in [-0.2, 0) is 16.6 Å². The highest BCUT2D eigenvalue weighted by Gasteiger charge is 2.34. The highest BCUT2D eigenvalue weighted by molar-refractivity contribution is 5.98. The van der Waals surface area contributed by atoms with E-state index in [0.717, 1.165) is 11.1 Å². The quantitative estimate of drug-likeness (QED) is 0.286. The first-order chi connectivity index (χ1) is 19.4. The summed E-state index contributed by atoms with van der Waals surface area (Å²) in [6.45, 7) is 6.96. The van der Waals surface area contributed by atoms with Crippen molar-refractivity contribution in [1.82, 2.24) is 9.88 Å². The third-order valence-electron chi connectivity index (χ3n) is 6.57. The van der Waals surface area contributed by atoms with E-state index in [9.17, 15) is 14.4 Å². The lowest BCUT2D eigenvalue weighted by molar-refractivity contribution is -0.118. The fraction of sp³-hybridized carbons (Fsp3) is 0.242. The maximum atomic E-state index is 15.4. The Morgan fingerprint density at radius 3 is 2.00 bits per heavy atom. The third-order valence-corrected chi connectivity index (χ3v) is 6.57. The minimum atomic E-state index is -1.09. The van der Waals surface area contributed by atoms with E-state index in [1.807, 2.05) is 60.7 Å². The van der Waals surface area contributed by atoms with Crippen LogP contribution in [0.1, 0.15) is 43.4 Å². The van der Waals surface area contributed by atoms with Gasteiger partial charge in [-0.05, 0) is 62.6 Å². The number of halogens is 1. The highest BCUT2D eigenvalue weighted by atomic mass is 19.1. The van der Waals surface area contributed by atoms with Gasteiger partial charge < -0.3 is 19.9 Å². The van der Waals surface area contributed by atoms with Crippen molar-refractivity contribution in [2.24, 2.45) is 7.05 Å². The molecule has 3 aromatic carbocycles. The second-order valence-electron chi connectivity index (χ2n) is 10.9. The number of nitrogens with zero attached hydrogens (tertiary/aromatic N) is 1. The molecular formula is C33H34FN3O4. The molecule has 1 unspecified atom stereocenters. The number of anilines is 1. The van der Waals surface area contributed by atoms with Gasteiger partial charge >= 0.3 is 6.09 Å². The summed E-state index contributed by atoms with van der Waals surface area (Å²) in [6.07, 6.45) is 0.834. The number of aryl methyl sites for hydroxylation is 2. The first kappa shape index (κ1) is 29.3. The number of alkyl carbamates (subject to hydrolysis) is 1. The van der Waals surface area contributed by atoms with Crippen molar-refractivity contribution in [3.63, 3.8) is 0 Å². The monoisotopic (exact) mass is 555 g/mol. The molecule has 1 atom stereocenters. The first-order valence-electron chi connectivity index (χ1n) is 13.3. The van der Waals surface area contributed by atoms with Crippen LogP contribution in [-0.4, -0.2) is 28.2 Å². The minimum absolute atomic E-state index is 0.189. The molecule has 0 spiro atoms. The normalized spacial score (nSPS) is 12.1. The summed E-state index contributed by atoms with van der Waals surface area (Å²) in [5.41, 5.74) is 2.37. The molecule has 41 heavy (non-hydrogen) atoms. The van der Waals surface area contributed by atoms with Gasteiger partial charge in [0.1, 0.15) is 17.5 Å². The van der Waals surface area contributed by atoms with Crippen molar-refractivity contribution in [3.8, 4) is 11.1 Å². The second kappa shape index (κ2) is 12.2. The maximum Gasteiger partial charge on any atom is 0.408 e. The average Bonchev–Trinajstić information content (AvgIpc) is 2.91. The Hall–Kier alpha value is -4.72. The molecule has 1 heterocycles. The van der Waals surface area contributed by atoms with E-state index in [2.05, 4.69) is 10.6 Å². The zero-order chi connectivity index (χ0) is 29.7. The summed E-state index contributed by atoms with van der Waals surface area (Å²) in [7, 11) is 1.60. The average molecular weight is 556 g/mol. The highest BCUT2D eigenvalue weighted by Crippen LogP contribution is 2.31. The van der Waals surface area contributed by atoms with Gasteiger partial charge in [-0.1, -0.05) is 60.7 Å². The maximum absolute atomic E-state index is 15.4. The third kappa shape index (κ3) is 7.28. The lowest BCUT2D eigenvalue weighted by atomic mass is 9.84. The van der Waals surface area contributed by atoms with Crippen molar-refractivity contribution < 1.29 is 18.7 Å². The number of carbonyl (C=O) groups excluding carboxylic acids is 2. The van der Waals surface area contributed by atoms with Crippen LogP contribution in [0.5, 0.6) is 0 Å². The van der Waals surface area contributed by atoms with E-state index in [0.29, 0.717) is 16.7 Å². The Labute approximate surface area is 239 Å². The van der Waals surface area contributed by atoms with Crippen LogP contribution in [0.25, 0.3) is 11.1 Å². The van der Waals surface area contributed by atoms with Gasteiger partial charge in [-0.2, -0.15) is 0 Å². The molecule has 7 nitrogen and oxygen atoms in total. The number of nitrogens with one attached hydrogen (secondary N) is 2. The van der Waals surface area contributed by atoms with Gasteiger partial charge in [-0.3, -0.25) is 9.59 Å². The van der Waals surface area contributed by atoms with Crippen LogP contribution in [0.4, 0.5) is 14.9 Å². The lowest BCUT2D eigenvalue weighted by Crippen LogP contribution is -2.49. The number of amides is 2.